The number of aromatic nitrogens is 3. The topological polar surface area (TPSA) is 59.0 Å². The minimum Gasteiger partial charge on any atom is -0.339 e. The highest BCUT2D eigenvalue weighted by Crippen LogP contribution is 2.25. The second-order valence-corrected chi connectivity index (χ2v) is 5.57. The number of hydrogen-bond donors (Lipinski definition) is 0. The van der Waals surface area contributed by atoms with E-state index in [-0.39, 0.29) is 5.91 Å². The van der Waals surface area contributed by atoms with Crippen LogP contribution in [0, 0.1) is 0 Å². The van der Waals surface area contributed by atoms with E-state index in [4.69, 9.17) is 0 Å². The van der Waals surface area contributed by atoms with Crippen LogP contribution >= 0.6 is 0 Å². The summed E-state index contributed by atoms with van der Waals surface area (Å²) in [5.41, 5.74) is 4.21. The van der Waals surface area contributed by atoms with Crippen molar-refractivity contribution >= 4 is 5.91 Å². The molecule has 5 nitrogen and oxygen atoms in total. The van der Waals surface area contributed by atoms with Crippen LogP contribution in [0.3, 0.4) is 0 Å². The van der Waals surface area contributed by atoms with E-state index in [0.29, 0.717) is 18.7 Å². The van der Waals surface area contributed by atoms with Crippen molar-refractivity contribution in [2.75, 3.05) is 13.1 Å². The Bertz CT molecular complexity index is 843. The molecule has 5 heteroatoms. The van der Waals surface area contributed by atoms with Crippen LogP contribution in [-0.2, 0) is 0 Å². The predicted molar refractivity (Wildman–Crippen MR) is 98.0 cm³/mol. The third-order valence-electron chi connectivity index (χ3n) is 4.16. The summed E-state index contributed by atoms with van der Waals surface area (Å²) < 4.78 is 0. The summed E-state index contributed by atoms with van der Waals surface area (Å²) in [6.07, 6.45) is 8.64. The molecule has 0 aliphatic carbocycles. The Morgan fingerprint density at radius 3 is 2.24 bits per heavy atom. The zero-order valence-electron chi connectivity index (χ0n) is 14.4. The van der Waals surface area contributed by atoms with Crippen molar-refractivity contribution in [3.05, 3.63) is 66.9 Å². The fraction of sp³-hybridized carbons (Fsp3) is 0.200. The molecule has 0 N–H and O–H groups in total. The van der Waals surface area contributed by atoms with Gasteiger partial charge < -0.3 is 4.90 Å². The standard InChI is InChI=1S/C20H20N4O/c1-3-24(4-2)20(25)18-14-22-12-9-17(18)19-6-5-16(13-23-19)15-7-10-21-11-8-15/h5-14H,3-4H2,1-2H3. The molecular weight excluding hydrogens is 312 g/mol. The molecule has 126 valence electrons. The number of carbonyl (C=O) groups is 1. The van der Waals surface area contributed by atoms with Gasteiger partial charge in [0.25, 0.3) is 5.91 Å². The van der Waals surface area contributed by atoms with E-state index in [1.807, 2.05) is 50.4 Å². The molecule has 3 aromatic rings. The number of rotatable bonds is 5. The van der Waals surface area contributed by atoms with Crippen LogP contribution < -0.4 is 0 Å². The van der Waals surface area contributed by atoms with Gasteiger partial charge in [0.15, 0.2) is 0 Å². The predicted octanol–water partition coefficient (Wildman–Crippen LogP) is 3.69. The average Bonchev–Trinajstić information content (AvgIpc) is 2.69. The van der Waals surface area contributed by atoms with Crippen LogP contribution in [0.1, 0.15) is 24.2 Å². The molecule has 0 aromatic carbocycles. The van der Waals surface area contributed by atoms with Crippen LogP contribution in [0.4, 0.5) is 0 Å². The van der Waals surface area contributed by atoms with Gasteiger partial charge in [-0.05, 0) is 43.7 Å². The van der Waals surface area contributed by atoms with E-state index in [2.05, 4.69) is 15.0 Å². The highest BCUT2D eigenvalue weighted by molar-refractivity contribution is 6.00. The average molecular weight is 332 g/mol. The van der Waals surface area contributed by atoms with Crippen molar-refractivity contribution in [3.63, 3.8) is 0 Å². The second-order valence-electron chi connectivity index (χ2n) is 5.57. The van der Waals surface area contributed by atoms with Gasteiger partial charge in [0.05, 0.1) is 11.3 Å². The normalized spacial score (nSPS) is 10.5. The Morgan fingerprint density at radius 1 is 0.880 bits per heavy atom. The summed E-state index contributed by atoms with van der Waals surface area (Å²) in [5.74, 6) is -0.0203. The molecule has 0 bridgehead atoms. The van der Waals surface area contributed by atoms with Crippen LogP contribution in [0.5, 0.6) is 0 Å². The molecule has 0 saturated carbocycles. The lowest BCUT2D eigenvalue weighted by molar-refractivity contribution is 0.0773. The van der Waals surface area contributed by atoms with Gasteiger partial charge >= 0.3 is 0 Å². The molecule has 0 fully saturated rings. The van der Waals surface area contributed by atoms with Crippen molar-refractivity contribution < 1.29 is 4.79 Å². The van der Waals surface area contributed by atoms with Crippen molar-refractivity contribution in [1.82, 2.24) is 19.9 Å². The first-order valence-corrected chi connectivity index (χ1v) is 8.34. The first-order valence-electron chi connectivity index (χ1n) is 8.34. The van der Waals surface area contributed by atoms with E-state index in [1.165, 1.54) is 0 Å². The van der Waals surface area contributed by atoms with Gasteiger partial charge in [-0.25, -0.2) is 0 Å². The lowest BCUT2D eigenvalue weighted by atomic mass is 10.0. The third-order valence-corrected chi connectivity index (χ3v) is 4.16. The number of pyridine rings is 3. The fourth-order valence-corrected chi connectivity index (χ4v) is 2.74. The van der Waals surface area contributed by atoms with E-state index in [1.54, 1.807) is 29.7 Å². The summed E-state index contributed by atoms with van der Waals surface area (Å²) in [6.45, 7) is 5.27. The van der Waals surface area contributed by atoms with Crippen LogP contribution in [0.15, 0.2) is 61.3 Å². The summed E-state index contributed by atoms with van der Waals surface area (Å²) in [6, 6.07) is 9.66. The molecule has 0 unspecified atom stereocenters. The monoisotopic (exact) mass is 332 g/mol. The van der Waals surface area contributed by atoms with Crippen molar-refractivity contribution in [3.8, 4) is 22.4 Å². The van der Waals surface area contributed by atoms with Gasteiger partial charge in [-0.3, -0.25) is 19.7 Å². The summed E-state index contributed by atoms with van der Waals surface area (Å²) in [4.78, 5) is 27.2. The van der Waals surface area contributed by atoms with Crippen molar-refractivity contribution in [1.29, 1.82) is 0 Å². The number of nitrogens with zero attached hydrogens (tertiary/aromatic N) is 4. The Labute approximate surface area is 147 Å². The van der Waals surface area contributed by atoms with E-state index >= 15 is 0 Å². The molecule has 3 heterocycles. The lowest BCUT2D eigenvalue weighted by Gasteiger charge is -2.20. The zero-order chi connectivity index (χ0) is 17.6. The Balaban J connectivity index is 1.96. The second kappa shape index (κ2) is 7.66. The molecule has 0 aliphatic heterocycles. The molecule has 25 heavy (non-hydrogen) atoms. The van der Waals surface area contributed by atoms with E-state index in [9.17, 15) is 4.79 Å². The Hall–Kier alpha value is -3.08. The maximum absolute atomic E-state index is 12.7. The number of carbonyl (C=O) groups excluding carboxylic acids is 1. The third kappa shape index (κ3) is 3.55. The van der Waals surface area contributed by atoms with Gasteiger partial charge in [-0.2, -0.15) is 0 Å². The number of hydrogen-bond acceptors (Lipinski definition) is 4. The smallest absolute Gasteiger partial charge is 0.256 e. The highest BCUT2D eigenvalue weighted by atomic mass is 16.2. The SMILES string of the molecule is CCN(CC)C(=O)c1cnccc1-c1ccc(-c2ccncc2)cn1. The summed E-state index contributed by atoms with van der Waals surface area (Å²) in [7, 11) is 0. The molecule has 0 saturated heterocycles. The first kappa shape index (κ1) is 16.8. The molecule has 0 atom stereocenters. The van der Waals surface area contributed by atoms with E-state index < -0.39 is 0 Å². The minimum atomic E-state index is -0.0203. The molecule has 1 amide bonds. The van der Waals surface area contributed by atoms with Crippen molar-refractivity contribution in [2.24, 2.45) is 0 Å². The summed E-state index contributed by atoms with van der Waals surface area (Å²) >= 11 is 0. The maximum atomic E-state index is 12.7. The highest BCUT2D eigenvalue weighted by Gasteiger charge is 2.18. The largest absolute Gasteiger partial charge is 0.339 e. The maximum Gasteiger partial charge on any atom is 0.256 e. The lowest BCUT2D eigenvalue weighted by Crippen LogP contribution is -2.31. The van der Waals surface area contributed by atoms with Gasteiger partial charge in [0, 0.05) is 55.2 Å². The van der Waals surface area contributed by atoms with Crippen LogP contribution in [-0.4, -0.2) is 38.8 Å². The minimum absolute atomic E-state index is 0.0203. The molecule has 0 spiro atoms. The molecule has 0 radical (unpaired) electrons. The van der Waals surface area contributed by atoms with Gasteiger partial charge in [-0.1, -0.05) is 6.07 Å². The van der Waals surface area contributed by atoms with Crippen LogP contribution in [0.2, 0.25) is 0 Å². The molecular formula is C20H20N4O. The van der Waals surface area contributed by atoms with Gasteiger partial charge in [0.1, 0.15) is 0 Å². The molecule has 3 rings (SSSR count). The summed E-state index contributed by atoms with van der Waals surface area (Å²) in [5, 5.41) is 0. The van der Waals surface area contributed by atoms with E-state index in [0.717, 1.165) is 22.4 Å². The molecule has 0 aliphatic rings. The van der Waals surface area contributed by atoms with Crippen LogP contribution in [0.25, 0.3) is 22.4 Å². The quantitative estimate of drug-likeness (QED) is 0.715. The van der Waals surface area contributed by atoms with Crippen molar-refractivity contribution in [2.45, 2.75) is 13.8 Å². The number of amides is 1. The fourth-order valence-electron chi connectivity index (χ4n) is 2.74. The zero-order valence-corrected chi connectivity index (χ0v) is 14.4. The van der Waals surface area contributed by atoms with Gasteiger partial charge in [0.2, 0.25) is 0 Å². The van der Waals surface area contributed by atoms with Gasteiger partial charge in [-0.15, -0.1) is 0 Å². The Morgan fingerprint density at radius 2 is 1.60 bits per heavy atom. The first-order chi connectivity index (χ1) is 12.2. The molecule has 3 aromatic heterocycles. The Kier molecular flexibility index (Phi) is 5.14.